The fourth-order valence-corrected chi connectivity index (χ4v) is 4.61. The van der Waals surface area contributed by atoms with Gasteiger partial charge in [0, 0.05) is 6.04 Å². The smallest absolute Gasteiger partial charge is 0.213 e. The summed E-state index contributed by atoms with van der Waals surface area (Å²) in [7, 11) is -1.34. The number of primary sulfonamides is 1. The van der Waals surface area contributed by atoms with Gasteiger partial charge in [-0.1, -0.05) is 6.42 Å². The SMILES string of the molecule is CN1CCC[C@H]2CCC[C@@H](S(N)(=O)=O)[C@@H]21. The standard InChI is InChI=1S/C10H20N2O2S/c1-12-7-3-5-8-4-2-6-9(10(8)12)15(11,13)14/h8-10H,2-7H2,1H3,(H2,11,13,14)/t8-,9-,10-/m1/s1. The van der Waals surface area contributed by atoms with Gasteiger partial charge < -0.3 is 4.90 Å². The first kappa shape index (κ1) is 11.4. The Morgan fingerprint density at radius 1 is 1.20 bits per heavy atom. The van der Waals surface area contributed by atoms with Crippen LogP contribution in [0.4, 0.5) is 0 Å². The monoisotopic (exact) mass is 232 g/mol. The summed E-state index contributed by atoms with van der Waals surface area (Å²) in [6.07, 6.45) is 5.28. The second kappa shape index (κ2) is 4.03. The zero-order valence-corrected chi connectivity index (χ0v) is 10.0. The van der Waals surface area contributed by atoms with Crippen LogP contribution in [0.5, 0.6) is 0 Å². The quantitative estimate of drug-likeness (QED) is 0.717. The van der Waals surface area contributed by atoms with E-state index in [-0.39, 0.29) is 11.3 Å². The van der Waals surface area contributed by atoms with Crippen molar-refractivity contribution in [1.29, 1.82) is 0 Å². The van der Waals surface area contributed by atoms with E-state index in [1.54, 1.807) is 0 Å². The van der Waals surface area contributed by atoms with Gasteiger partial charge in [-0.05, 0) is 45.2 Å². The van der Waals surface area contributed by atoms with E-state index >= 15 is 0 Å². The Bertz CT molecular complexity index is 326. The maximum Gasteiger partial charge on any atom is 0.213 e. The number of rotatable bonds is 1. The lowest BCUT2D eigenvalue weighted by Crippen LogP contribution is -2.55. The highest BCUT2D eigenvalue weighted by atomic mass is 32.2. The molecule has 0 spiro atoms. The van der Waals surface area contributed by atoms with Crippen molar-refractivity contribution in [2.45, 2.75) is 43.4 Å². The molecule has 3 atom stereocenters. The van der Waals surface area contributed by atoms with Crippen molar-refractivity contribution in [3.05, 3.63) is 0 Å². The largest absolute Gasteiger partial charge is 0.302 e. The first-order chi connectivity index (χ1) is 7.00. The minimum Gasteiger partial charge on any atom is -0.302 e. The highest BCUT2D eigenvalue weighted by molar-refractivity contribution is 7.89. The van der Waals surface area contributed by atoms with E-state index in [0.29, 0.717) is 5.92 Å². The number of fused-ring (bicyclic) bond motifs is 1. The molecule has 2 N–H and O–H groups in total. The molecule has 1 heterocycles. The summed E-state index contributed by atoms with van der Waals surface area (Å²) in [6, 6.07) is 0.169. The molecule has 0 amide bonds. The van der Waals surface area contributed by atoms with Crippen molar-refractivity contribution in [3.8, 4) is 0 Å². The van der Waals surface area contributed by atoms with Gasteiger partial charge in [-0.3, -0.25) is 0 Å². The molecule has 2 rings (SSSR count). The number of likely N-dealkylation sites (tertiary alicyclic amines) is 1. The van der Waals surface area contributed by atoms with Crippen LogP contribution in [0.15, 0.2) is 0 Å². The van der Waals surface area contributed by atoms with Crippen LogP contribution in [0.3, 0.4) is 0 Å². The number of hydrogen-bond acceptors (Lipinski definition) is 3. The number of sulfonamides is 1. The van der Waals surface area contributed by atoms with Crippen LogP contribution in [-0.4, -0.2) is 38.2 Å². The molecule has 15 heavy (non-hydrogen) atoms. The van der Waals surface area contributed by atoms with Crippen molar-refractivity contribution in [3.63, 3.8) is 0 Å². The molecule has 4 nitrogen and oxygen atoms in total. The Morgan fingerprint density at radius 2 is 1.87 bits per heavy atom. The van der Waals surface area contributed by atoms with Gasteiger partial charge in [0.05, 0.1) is 5.25 Å². The molecule has 0 radical (unpaired) electrons. The second-order valence-corrected chi connectivity index (χ2v) is 6.72. The summed E-state index contributed by atoms with van der Waals surface area (Å²) < 4.78 is 23.1. The summed E-state index contributed by atoms with van der Waals surface area (Å²) in [6.45, 7) is 1.01. The molecule has 5 heteroatoms. The Labute approximate surface area is 91.9 Å². The number of hydrogen-bond donors (Lipinski definition) is 1. The van der Waals surface area contributed by atoms with E-state index in [1.165, 1.54) is 19.3 Å². The summed E-state index contributed by atoms with van der Waals surface area (Å²) >= 11 is 0. The lowest BCUT2D eigenvalue weighted by molar-refractivity contribution is 0.0867. The van der Waals surface area contributed by atoms with Gasteiger partial charge in [-0.25, -0.2) is 13.6 Å². The van der Waals surface area contributed by atoms with Crippen molar-refractivity contribution >= 4 is 10.0 Å². The topological polar surface area (TPSA) is 63.4 Å². The second-order valence-electron chi connectivity index (χ2n) is 4.93. The van der Waals surface area contributed by atoms with Gasteiger partial charge in [0.15, 0.2) is 0 Å². The normalized spacial score (nSPS) is 38.7. The van der Waals surface area contributed by atoms with E-state index in [4.69, 9.17) is 5.14 Å². The average Bonchev–Trinajstić information content (AvgIpc) is 2.16. The third-order valence-corrected chi connectivity index (χ3v) is 5.30. The molecule has 1 saturated heterocycles. The van der Waals surface area contributed by atoms with Crippen LogP contribution < -0.4 is 5.14 Å². The van der Waals surface area contributed by atoms with Crippen LogP contribution in [0, 0.1) is 5.92 Å². The molecule has 88 valence electrons. The van der Waals surface area contributed by atoms with Crippen molar-refractivity contribution in [2.75, 3.05) is 13.6 Å². The molecular weight excluding hydrogens is 212 g/mol. The Kier molecular flexibility index (Phi) is 3.05. The first-order valence-electron chi connectivity index (χ1n) is 5.72. The van der Waals surface area contributed by atoms with Crippen molar-refractivity contribution < 1.29 is 8.42 Å². The minimum absolute atomic E-state index is 0.169. The summed E-state index contributed by atoms with van der Waals surface area (Å²) in [5.41, 5.74) is 0. The van der Waals surface area contributed by atoms with Gasteiger partial charge in [-0.15, -0.1) is 0 Å². The highest BCUT2D eigenvalue weighted by Crippen LogP contribution is 2.36. The molecule has 1 aliphatic heterocycles. The van der Waals surface area contributed by atoms with Crippen LogP contribution in [0.2, 0.25) is 0 Å². The van der Waals surface area contributed by atoms with E-state index in [1.807, 2.05) is 7.05 Å². The Morgan fingerprint density at radius 3 is 2.53 bits per heavy atom. The maximum atomic E-state index is 11.5. The molecular formula is C10H20N2O2S. The van der Waals surface area contributed by atoms with Gasteiger partial charge >= 0.3 is 0 Å². The molecule has 0 unspecified atom stereocenters. The molecule has 2 fully saturated rings. The van der Waals surface area contributed by atoms with Crippen LogP contribution in [-0.2, 0) is 10.0 Å². The number of nitrogens with two attached hydrogens (primary N) is 1. The lowest BCUT2D eigenvalue weighted by Gasteiger charge is -2.45. The van der Waals surface area contributed by atoms with E-state index in [0.717, 1.165) is 19.4 Å². The predicted octanol–water partition coefficient (Wildman–Crippen LogP) is 0.538. The fraction of sp³-hybridized carbons (Fsp3) is 1.00. The van der Waals surface area contributed by atoms with Crippen molar-refractivity contribution in [2.24, 2.45) is 11.1 Å². The van der Waals surface area contributed by atoms with E-state index < -0.39 is 10.0 Å². The summed E-state index contributed by atoms with van der Waals surface area (Å²) in [4.78, 5) is 2.20. The van der Waals surface area contributed by atoms with Gasteiger partial charge in [0.25, 0.3) is 0 Å². The fourth-order valence-electron chi connectivity index (χ4n) is 3.30. The molecule has 0 aromatic heterocycles. The van der Waals surface area contributed by atoms with Crippen LogP contribution in [0.25, 0.3) is 0 Å². The molecule has 1 saturated carbocycles. The average molecular weight is 232 g/mol. The Hall–Kier alpha value is -0.130. The third-order valence-electron chi connectivity index (χ3n) is 3.94. The zero-order chi connectivity index (χ0) is 11.1. The number of piperidine rings is 1. The minimum atomic E-state index is -3.37. The molecule has 2 aliphatic rings. The maximum absolute atomic E-state index is 11.5. The molecule has 0 aromatic carbocycles. The van der Waals surface area contributed by atoms with E-state index in [2.05, 4.69) is 4.90 Å². The van der Waals surface area contributed by atoms with Gasteiger partial charge in [0.1, 0.15) is 0 Å². The van der Waals surface area contributed by atoms with Crippen LogP contribution in [0.1, 0.15) is 32.1 Å². The first-order valence-corrected chi connectivity index (χ1v) is 7.33. The lowest BCUT2D eigenvalue weighted by atomic mass is 9.78. The summed E-state index contributed by atoms with van der Waals surface area (Å²) in [5.74, 6) is 0.542. The van der Waals surface area contributed by atoms with Crippen molar-refractivity contribution in [1.82, 2.24) is 4.90 Å². The predicted molar refractivity (Wildman–Crippen MR) is 59.9 cm³/mol. The number of nitrogens with zero attached hydrogens (tertiary/aromatic N) is 1. The molecule has 0 aromatic rings. The van der Waals surface area contributed by atoms with Gasteiger partial charge in [-0.2, -0.15) is 0 Å². The van der Waals surface area contributed by atoms with E-state index in [9.17, 15) is 8.42 Å². The zero-order valence-electron chi connectivity index (χ0n) is 9.22. The van der Waals surface area contributed by atoms with Crippen LogP contribution >= 0.6 is 0 Å². The highest BCUT2D eigenvalue weighted by Gasteiger charge is 2.42. The molecule has 0 bridgehead atoms. The third kappa shape index (κ3) is 2.19. The Balaban J connectivity index is 2.24. The summed E-state index contributed by atoms with van der Waals surface area (Å²) in [5, 5.41) is 4.99. The molecule has 1 aliphatic carbocycles. The van der Waals surface area contributed by atoms with Gasteiger partial charge in [0.2, 0.25) is 10.0 Å².